The van der Waals surface area contributed by atoms with E-state index in [0.717, 1.165) is 0 Å². The van der Waals surface area contributed by atoms with E-state index >= 15 is 0 Å². The Hall–Kier alpha value is 1.59. The molecule has 7 nitrogen and oxygen atoms in total. The molecule has 0 aromatic heterocycles. The van der Waals surface area contributed by atoms with E-state index < -0.39 is 11.3 Å². The number of hydrogen-bond acceptors (Lipinski definition) is 6. The molecule has 0 saturated carbocycles. The van der Waals surface area contributed by atoms with Crippen LogP contribution in [-0.4, -0.2) is 14.8 Å². The maximum absolute atomic E-state index is 8.35. The van der Waals surface area contributed by atoms with Crippen molar-refractivity contribution in [2.75, 3.05) is 0 Å². The van der Waals surface area contributed by atoms with E-state index in [1.54, 1.807) is 0 Å². The normalized spacial score (nSPS) is 4.91. The van der Waals surface area contributed by atoms with Crippen molar-refractivity contribution in [2.45, 2.75) is 0 Å². The van der Waals surface area contributed by atoms with Crippen LogP contribution < -0.4 is 48.2 Å². The van der Waals surface area contributed by atoms with Gasteiger partial charge < -0.3 is 24.1 Å². The summed E-state index contributed by atoms with van der Waals surface area (Å²) in [6.45, 7) is 0. The molecule has 0 rings (SSSR count). The van der Waals surface area contributed by atoms with Crippen molar-refractivity contribution in [3.05, 3.63) is 0 Å². The zero-order chi connectivity index (χ0) is 8.12. The van der Waals surface area contributed by atoms with Crippen molar-refractivity contribution in [3.8, 4) is 0 Å². The third-order valence-corrected chi connectivity index (χ3v) is 0. The Kier molecular flexibility index (Phi) is 165. The molecule has 0 aliphatic carbocycles. The average Bonchev–Trinajstić information content (AvgIpc) is 1.70. The van der Waals surface area contributed by atoms with Crippen LogP contribution in [0.25, 0.3) is 0 Å². The topological polar surface area (TPSA) is 164 Å². The SMILES string of the molecule is O.[Na+].[O-][Cl+]O.[O-][Cl+]O.[O-][Cl+][O-]. The van der Waals surface area contributed by atoms with Crippen molar-refractivity contribution in [2.24, 2.45) is 0 Å². The first kappa shape index (κ1) is 29.4. The first-order chi connectivity index (χ1) is 4.24. The van der Waals surface area contributed by atoms with Crippen LogP contribution in [-0.2, 0) is 0 Å². The van der Waals surface area contributed by atoms with Gasteiger partial charge >= 0.3 is 52.2 Å². The largest absolute Gasteiger partial charge is 1.00 e. The molecule has 0 fully saturated rings. The van der Waals surface area contributed by atoms with E-state index in [2.05, 4.69) is 0 Å². The van der Waals surface area contributed by atoms with Gasteiger partial charge in [-0.05, 0) is 0 Å². The molecule has 0 saturated heterocycles. The molecule has 0 amide bonds. The Morgan fingerprint density at radius 3 is 0.818 bits per heavy atom. The molecule has 0 bridgehead atoms. The molecular formula is H4Cl3NaO7. The van der Waals surface area contributed by atoms with Gasteiger partial charge in [0.2, 0.25) is 0 Å². The summed E-state index contributed by atoms with van der Waals surface area (Å²) in [5.41, 5.74) is 0. The summed E-state index contributed by atoms with van der Waals surface area (Å²) in [5, 5.41) is 0. The van der Waals surface area contributed by atoms with E-state index in [-0.39, 0.29) is 57.7 Å². The monoisotopic (exact) mass is 244 g/mol. The summed E-state index contributed by atoms with van der Waals surface area (Å²) in [5.74, 6) is 0. The summed E-state index contributed by atoms with van der Waals surface area (Å²) < 4.78 is 46.9. The summed E-state index contributed by atoms with van der Waals surface area (Å²) in [7, 11) is 0. The summed E-state index contributed by atoms with van der Waals surface area (Å²) >= 11 is -0.750. The molecule has 0 aromatic carbocycles. The maximum atomic E-state index is 8.35. The van der Waals surface area contributed by atoms with Crippen LogP contribution >= 0.6 is 0 Å². The van der Waals surface area contributed by atoms with Crippen LogP contribution in [0.1, 0.15) is 0 Å². The summed E-state index contributed by atoms with van der Waals surface area (Å²) in [6.07, 6.45) is 0. The van der Waals surface area contributed by atoms with E-state index in [0.29, 0.717) is 0 Å². The molecule has 68 valence electrons. The van der Waals surface area contributed by atoms with Gasteiger partial charge in [0, 0.05) is 0 Å². The minimum Gasteiger partial charge on any atom is -0.544 e. The van der Waals surface area contributed by atoms with Gasteiger partial charge in [-0.3, -0.25) is 0 Å². The van der Waals surface area contributed by atoms with Crippen LogP contribution in [0.2, 0.25) is 0 Å². The molecule has 0 aliphatic rings. The Morgan fingerprint density at radius 1 is 0.818 bits per heavy atom. The molecule has 11 heteroatoms. The summed E-state index contributed by atoms with van der Waals surface area (Å²) in [4.78, 5) is 0. The minimum atomic E-state index is -0.417. The second-order valence-corrected chi connectivity index (χ2v) is 0.603. The van der Waals surface area contributed by atoms with Crippen LogP contribution in [0.4, 0.5) is 0 Å². The molecule has 0 aromatic rings. The second kappa shape index (κ2) is 61.7. The first-order valence-corrected chi connectivity index (χ1v) is 2.87. The van der Waals surface area contributed by atoms with Gasteiger partial charge in [-0.25, -0.2) is 0 Å². The Balaban J connectivity index is -0.0000000150. The fourth-order valence-corrected chi connectivity index (χ4v) is 0. The number of halogens is 3. The molecular weight excluding hydrogens is 241 g/mol. The Bertz CT molecular complexity index is 18.4. The fraction of sp³-hybridized carbons (Fsp3) is 0. The van der Waals surface area contributed by atoms with Crippen molar-refractivity contribution in [1.82, 2.24) is 0 Å². The molecule has 0 aliphatic heterocycles. The Labute approximate surface area is 96.5 Å². The molecule has 4 N–H and O–H groups in total. The predicted molar refractivity (Wildman–Crippen MR) is 8.05 cm³/mol. The van der Waals surface area contributed by atoms with Crippen LogP contribution in [0, 0.1) is 34.0 Å². The molecule has 0 spiro atoms. The van der Waals surface area contributed by atoms with Crippen molar-refractivity contribution in [1.29, 1.82) is 0 Å². The minimum absolute atomic E-state index is 0. The van der Waals surface area contributed by atoms with Gasteiger partial charge in [0.05, 0.1) is 11.3 Å². The van der Waals surface area contributed by atoms with Crippen molar-refractivity contribution in [3.63, 3.8) is 0 Å². The van der Waals surface area contributed by atoms with Crippen molar-refractivity contribution >= 4 is 0 Å². The molecule has 0 radical (unpaired) electrons. The van der Waals surface area contributed by atoms with Crippen LogP contribution in [0.15, 0.2) is 0 Å². The average molecular weight is 245 g/mol. The quantitative estimate of drug-likeness (QED) is 0.402. The third kappa shape index (κ3) is 422. The zero-order valence-electron chi connectivity index (χ0n) is 5.16. The predicted octanol–water partition coefficient (Wildman–Crippen LogP) is -9.69. The molecule has 11 heavy (non-hydrogen) atoms. The number of hydrogen-bond donors (Lipinski definition) is 2. The fourth-order valence-electron chi connectivity index (χ4n) is 0. The smallest absolute Gasteiger partial charge is 0.544 e. The van der Waals surface area contributed by atoms with Crippen molar-refractivity contribution < 1.29 is 97.0 Å². The van der Waals surface area contributed by atoms with Gasteiger partial charge in [0.25, 0.3) is 0 Å². The third-order valence-electron chi connectivity index (χ3n) is 0. The van der Waals surface area contributed by atoms with E-state index in [9.17, 15) is 0 Å². The molecule has 0 heterocycles. The number of rotatable bonds is 0. The van der Waals surface area contributed by atoms with Gasteiger partial charge in [-0.15, -0.1) is 9.32 Å². The van der Waals surface area contributed by atoms with Gasteiger partial charge in [-0.1, -0.05) is 0 Å². The maximum Gasteiger partial charge on any atom is 1.00 e. The van der Waals surface area contributed by atoms with Crippen LogP contribution in [0.3, 0.4) is 0 Å². The summed E-state index contributed by atoms with van der Waals surface area (Å²) in [6, 6.07) is 0. The van der Waals surface area contributed by atoms with E-state index in [1.807, 2.05) is 0 Å². The van der Waals surface area contributed by atoms with E-state index in [1.165, 1.54) is 0 Å². The standard InChI is InChI=1S/2ClHO2.ClO2.Na.H2O/c3*2-1-3;;/h2*2H;;;1H2/q;;-1;+1;. The first-order valence-electron chi connectivity index (χ1n) is 0.955. The van der Waals surface area contributed by atoms with Gasteiger partial charge in [0.1, 0.15) is 0 Å². The Morgan fingerprint density at radius 2 is 0.818 bits per heavy atom. The molecule has 0 atom stereocenters. The second-order valence-electron chi connectivity index (χ2n) is 0.201. The molecule has 0 unspecified atom stereocenters. The van der Waals surface area contributed by atoms with Gasteiger partial charge in [-0.2, -0.15) is 0 Å². The van der Waals surface area contributed by atoms with E-state index in [4.69, 9.17) is 28.0 Å². The van der Waals surface area contributed by atoms with Gasteiger partial charge in [0.15, 0.2) is 0 Å². The zero-order valence-corrected chi connectivity index (χ0v) is 9.43. The van der Waals surface area contributed by atoms with Crippen LogP contribution in [0.5, 0.6) is 0 Å².